The van der Waals surface area contributed by atoms with Gasteiger partial charge in [-0.3, -0.25) is 4.79 Å². The second-order valence-electron chi connectivity index (χ2n) is 4.36. The van der Waals surface area contributed by atoms with Crippen molar-refractivity contribution in [3.8, 4) is 0 Å². The van der Waals surface area contributed by atoms with Gasteiger partial charge < -0.3 is 14.6 Å². The summed E-state index contributed by atoms with van der Waals surface area (Å²) in [7, 11) is 1.83. The van der Waals surface area contributed by atoms with Gasteiger partial charge in [-0.1, -0.05) is 0 Å². The van der Waals surface area contributed by atoms with Crippen LogP contribution in [0.1, 0.15) is 29.6 Å². The van der Waals surface area contributed by atoms with Crippen LogP contribution in [0.15, 0.2) is 16.7 Å². The molecule has 1 aliphatic heterocycles. The normalized spacial score (nSPS) is 20.9. The monoisotopic (exact) mass is 256 g/mol. The Labute approximate surface area is 106 Å². The molecule has 1 fully saturated rings. The van der Waals surface area contributed by atoms with Crippen molar-refractivity contribution in [2.45, 2.75) is 25.3 Å². The fraction of sp³-hybridized carbons (Fsp3) is 0.583. The Hall–Kier alpha value is -1.00. The molecule has 1 saturated heterocycles. The van der Waals surface area contributed by atoms with Gasteiger partial charge in [-0.25, -0.2) is 0 Å². The van der Waals surface area contributed by atoms with Crippen molar-refractivity contribution < 1.29 is 9.21 Å². The second-order valence-corrected chi connectivity index (χ2v) is 4.70. The lowest BCUT2D eigenvalue weighted by Crippen LogP contribution is -2.37. The van der Waals surface area contributed by atoms with Crippen molar-refractivity contribution >= 4 is 17.5 Å². The molecule has 0 spiro atoms. The molecule has 94 valence electrons. The summed E-state index contributed by atoms with van der Waals surface area (Å²) in [4.78, 5) is 14.0. The van der Waals surface area contributed by atoms with Gasteiger partial charge in [0.05, 0.1) is 11.8 Å². The highest BCUT2D eigenvalue weighted by molar-refractivity contribution is 6.32. The maximum Gasteiger partial charge on any atom is 0.258 e. The average Bonchev–Trinajstić information content (AvgIpc) is 2.60. The van der Waals surface area contributed by atoms with Crippen LogP contribution in [0.4, 0.5) is 0 Å². The fourth-order valence-electron chi connectivity index (χ4n) is 2.19. The summed E-state index contributed by atoms with van der Waals surface area (Å²) in [6.45, 7) is 1.99. The summed E-state index contributed by atoms with van der Waals surface area (Å²) in [6, 6.07) is 1.90. The lowest BCUT2D eigenvalue weighted by Gasteiger charge is -2.26. The third-order valence-electron chi connectivity index (χ3n) is 3.26. The number of amides is 1. The number of furan rings is 1. The number of hydrogen-bond donors (Lipinski definition) is 1. The first-order chi connectivity index (χ1) is 8.20. The molecule has 1 unspecified atom stereocenters. The smallest absolute Gasteiger partial charge is 0.258 e. The van der Waals surface area contributed by atoms with Gasteiger partial charge in [0.15, 0.2) is 0 Å². The van der Waals surface area contributed by atoms with Crippen LogP contribution in [0.3, 0.4) is 0 Å². The summed E-state index contributed by atoms with van der Waals surface area (Å²) in [5.41, 5.74) is 0.450. The minimum absolute atomic E-state index is 0.0596. The van der Waals surface area contributed by atoms with E-state index in [1.807, 2.05) is 7.05 Å². The number of nitrogens with one attached hydrogen (secondary N) is 1. The van der Waals surface area contributed by atoms with E-state index in [9.17, 15) is 4.79 Å². The molecule has 4 nitrogen and oxygen atoms in total. The first kappa shape index (κ1) is 12.5. The Morgan fingerprint density at radius 2 is 2.35 bits per heavy atom. The van der Waals surface area contributed by atoms with Crippen molar-refractivity contribution in [2.75, 3.05) is 20.1 Å². The van der Waals surface area contributed by atoms with Crippen molar-refractivity contribution in [1.82, 2.24) is 10.2 Å². The lowest BCUT2D eigenvalue weighted by molar-refractivity contribution is 0.0720. The largest absolute Gasteiger partial charge is 0.452 e. The van der Waals surface area contributed by atoms with Crippen molar-refractivity contribution in [3.05, 3.63) is 23.1 Å². The zero-order valence-electron chi connectivity index (χ0n) is 9.91. The van der Waals surface area contributed by atoms with E-state index in [1.165, 1.54) is 6.26 Å². The van der Waals surface area contributed by atoms with Crippen LogP contribution in [0.2, 0.25) is 5.22 Å². The number of halogens is 1. The standard InChI is InChI=1S/C12H17ClN2O2/c1-15(9-3-2-6-14-7-4-9)12(16)10-5-8-17-11(10)13/h5,8-9,14H,2-4,6-7H2,1H3. The Balaban J connectivity index is 2.06. The summed E-state index contributed by atoms with van der Waals surface area (Å²) in [5, 5.41) is 3.51. The van der Waals surface area contributed by atoms with Crippen LogP contribution in [-0.2, 0) is 0 Å². The lowest BCUT2D eigenvalue weighted by atomic mass is 10.1. The molecule has 1 aromatic rings. The Bertz CT molecular complexity index is 384. The van der Waals surface area contributed by atoms with E-state index >= 15 is 0 Å². The molecular weight excluding hydrogens is 240 g/mol. The minimum atomic E-state index is -0.0596. The van der Waals surface area contributed by atoms with E-state index in [-0.39, 0.29) is 17.2 Å². The molecule has 5 heteroatoms. The quantitative estimate of drug-likeness (QED) is 0.882. The van der Waals surface area contributed by atoms with Crippen LogP contribution < -0.4 is 5.32 Å². The van der Waals surface area contributed by atoms with Gasteiger partial charge in [-0.2, -0.15) is 0 Å². The minimum Gasteiger partial charge on any atom is -0.452 e. The van der Waals surface area contributed by atoms with Crippen molar-refractivity contribution in [2.24, 2.45) is 0 Å². The molecule has 0 saturated carbocycles. The number of rotatable bonds is 2. The maximum absolute atomic E-state index is 12.2. The third-order valence-corrected chi connectivity index (χ3v) is 3.55. The molecule has 2 heterocycles. The van der Waals surface area contributed by atoms with E-state index in [0.29, 0.717) is 5.56 Å². The Kier molecular flexibility index (Phi) is 4.07. The van der Waals surface area contributed by atoms with Crippen molar-refractivity contribution in [1.29, 1.82) is 0 Å². The predicted molar refractivity (Wildman–Crippen MR) is 66.3 cm³/mol. The van der Waals surface area contributed by atoms with E-state index < -0.39 is 0 Å². The van der Waals surface area contributed by atoms with Gasteiger partial charge in [0.2, 0.25) is 5.22 Å². The fourth-order valence-corrected chi connectivity index (χ4v) is 2.39. The second kappa shape index (κ2) is 5.56. The van der Waals surface area contributed by atoms with E-state index in [1.54, 1.807) is 11.0 Å². The van der Waals surface area contributed by atoms with Gasteiger partial charge in [0, 0.05) is 13.1 Å². The molecule has 1 aliphatic rings. The van der Waals surface area contributed by atoms with E-state index in [4.69, 9.17) is 16.0 Å². The summed E-state index contributed by atoms with van der Waals surface area (Å²) < 4.78 is 4.95. The van der Waals surface area contributed by atoms with Crippen LogP contribution in [0.5, 0.6) is 0 Å². The maximum atomic E-state index is 12.2. The molecule has 2 rings (SSSR count). The summed E-state index contributed by atoms with van der Waals surface area (Å²) in [5.74, 6) is -0.0596. The molecule has 0 aliphatic carbocycles. The molecule has 1 atom stereocenters. The predicted octanol–water partition coefficient (Wildman–Crippen LogP) is 2.15. The molecule has 1 N–H and O–H groups in total. The Morgan fingerprint density at radius 3 is 3.06 bits per heavy atom. The molecule has 0 aromatic carbocycles. The third kappa shape index (κ3) is 2.82. The SMILES string of the molecule is CN(C(=O)c1ccoc1Cl)C1CCCNCC1. The highest BCUT2D eigenvalue weighted by Gasteiger charge is 2.24. The zero-order valence-corrected chi connectivity index (χ0v) is 10.7. The molecule has 1 amide bonds. The van der Waals surface area contributed by atoms with Gasteiger partial charge in [-0.15, -0.1) is 0 Å². The number of hydrogen-bond acceptors (Lipinski definition) is 3. The van der Waals surface area contributed by atoms with E-state index in [2.05, 4.69) is 5.32 Å². The first-order valence-electron chi connectivity index (χ1n) is 5.91. The number of carbonyl (C=O) groups excluding carboxylic acids is 1. The molecule has 0 radical (unpaired) electrons. The summed E-state index contributed by atoms with van der Waals surface area (Å²) in [6.07, 6.45) is 4.56. The van der Waals surface area contributed by atoms with Gasteiger partial charge in [0.25, 0.3) is 5.91 Å². The summed E-state index contributed by atoms with van der Waals surface area (Å²) >= 11 is 5.82. The topological polar surface area (TPSA) is 45.5 Å². The highest BCUT2D eigenvalue weighted by atomic mass is 35.5. The molecule has 0 bridgehead atoms. The number of nitrogens with zero attached hydrogens (tertiary/aromatic N) is 1. The molecule has 1 aromatic heterocycles. The van der Waals surface area contributed by atoms with Crippen LogP contribution >= 0.6 is 11.6 Å². The molecule has 17 heavy (non-hydrogen) atoms. The Morgan fingerprint density at radius 1 is 1.53 bits per heavy atom. The first-order valence-corrected chi connectivity index (χ1v) is 6.29. The zero-order chi connectivity index (χ0) is 12.3. The van der Waals surface area contributed by atoms with Crippen molar-refractivity contribution in [3.63, 3.8) is 0 Å². The van der Waals surface area contributed by atoms with Crippen LogP contribution in [0.25, 0.3) is 0 Å². The van der Waals surface area contributed by atoms with E-state index in [0.717, 1.165) is 32.4 Å². The molecular formula is C12H17ClN2O2. The van der Waals surface area contributed by atoms with Crippen LogP contribution in [0, 0.1) is 0 Å². The van der Waals surface area contributed by atoms with Gasteiger partial charge >= 0.3 is 0 Å². The highest BCUT2D eigenvalue weighted by Crippen LogP contribution is 2.21. The average molecular weight is 257 g/mol. The van der Waals surface area contributed by atoms with Gasteiger partial charge in [-0.05, 0) is 50.0 Å². The number of carbonyl (C=O) groups is 1. The van der Waals surface area contributed by atoms with Gasteiger partial charge in [0.1, 0.15) is 0 Å². The van der Waals surface area contributed by atoms with Crippen LogP contribution in [-0.4, -0.2) is 37.0 Å².